The van der Waals surface area contributed by atoms with Crippen molar-refractivity contribution in [2.24, 2.45) is 10.1 Å². The molecule has 1 aliphatic rings. The molecule has 0 fully saturated rings. The summed E-state index contributed by atoms with van der Waals surface area (Å²) in [5.41, 5.74) is 2.64. The van der Waals surface area contributed by atoms with Crippen molar-refractivity contribution in [2.75, 3.05) is 13.8 Å². The van der Waals surface area contributed by atoms with Crippen LogP contribution in [0.5, 0.6) is 5.75 Å². The Labute approximate surface area is 144 Å². The topological polar surface area (TPSA) is 74.7 Å². The molecule has 0 spiro atoms. The maximum Gasteiger partial charge on any atom is 0.468 e. The lowest BCUT2D eigenvalue weighted by molar-refractivity contribution is -0.578. The lowest BCUT2D eigenvalue weighted by Crippen LogP contribution is -2.54. The van der Waals surface area contributed by atoms with Crippen molar-refractivity contribution in [1.82, 2.24) is 9.55 Å². The highest BCUT2D eigenvalue weighted by molar-refractivity contribution is 9.10. The van der Waals surface area contributed by atoms with Crippen LogP contribution in [0.4, 0.5) is 0 Å². The van der Waals surface area contributed by atoms with Crippen molar-refractivity contribution in [3.05, 3.63) is 62.5 Å². The van der Waals surface area contributed by atoms with Crippen LogP contribution in [0.25, 0.3) is 11.0 Å². The van der Waals surface area contributed by atoms with Crippen molar-refractivity contribution in [3.63, 3.8) is 0 Å². The summed E-state index contributed by atoms with van der Waals surface area (Å²) < 4.78 is 8.96. The third kappa shape index (κ3) is 2.39. The van der Waals surface area contributed by atoms with Crippen LogP contribution in [-0.2, 0) is 6.54 Å². The Bertz CT molecular complexity index is 1120. The number of methoxy groups -OCH3 is 1. The number of aromatic nitrogens is 3. The van der Waals surface area contributed by atoms with Gasteiger partial charge in [0, 0.05) is 10.7 Å². The van der Waals surface area contributed by atoms with E-state index >= 15 is 0 Å². The van der Waals surface area contributed by atoms with E-state index in [0.29, 0.717) is 17.5 Å². The minimum Gasteiger partial charge on any atom is -0.497 e. The maximum absolute atomic E-state index is 12.8. The van der Waals surface area contributed by atoms with Crippen LogP contribution in [0.3, 0.4) is 0 Å². The summed E-state index contributed by atoms with van der Waals surface area (Å²) in [6.45, 7) is 0.655. The Morgan fingerprint density at radius 1 is 1.33 bits per heavy atom. The van der Waals surface area contributed by atoms with Gasteiger partial charge in [-0.25, -0.2) is 14.3 Å². The van der Waals surface area contributed by atoms with Gasteiger partial charge in [0.1, 0.15) is 11.3 Å². The first-order chi connectivity index (χ1) is 11.7. The predicted molar refractivity (Wildman–Crippen MR) is 89.8 cm³/mol. The smallest absolute Gasteiger partial charge is 0.468 e. The van der Waals surface area contributed by atoms with Crippen molar-refractivity contribution in [1.29, 1.82) is 0 Å². The molecule has 0 atom stereocenters. The van der Waals surface area contributed by atoms with Crippen LogP contribution in [0, 0.1) is 0 Å². The zero-order valence-corrected chi connectivity index (χ0v) is 14.4. The predicted octanol–water partition coefficient (Wildman–Crippen LogP) is 1.13. The molecule has 3 heterocycles. The molecule has 7 nitrogen and oxygen atoms in total. The second-order valence-corrected chi connectivity index (χ2v) is 6.23. The third-order valence-electron chi connectivity index (χ3n) is 3.87. The van der Waals surface area contributed by atoms with Crippen LogP contribution < -0.4 is 20.3 Å². The second-order valence-electron chi connectivity index (χ2n) is 5.31. The standard InChI is InChI=1S/C16H13BrN5O2/c1-24-12-4-2-10(3-5-12)8-21-13-6-11(17)7-18-14(13)15-19-9-20-22(15)16(21)23/h2-7H,8-9H2,1H3/q+1. The highest BCUT2D eigenvalue weighted by Gasteiger charge is 2.20. The first-order valence-corrected chi connectivity index (χ1v) is 8.09. The number of fused-ring (bicyclic) bond motifs is 3. The average molecular weight is 387 g/mol. The first kappa shape index (κ1) is 14.9. The lowest BCUT2D eigenvalue weighted by atomic mass is 10.2. The maximum atomic E-state index is 12.8. The summed E-state index contributed by atoms with van der Waals surface area (Å²) in [5, 5.41) is 4.15. The summed E-state index contributed by atoms with van der Waals surface area (Å²) in [4.78, 5) is 21.5. The molecular formula is C16H13BrN5O2+. The van der Waals surface area contributed by atoms with Gasteiger partial charge in [0.15, 0.2) is 5.52 Å². The fourth-order valence-corrected chi connectivity index (χ4v) is 3.03. The molecule has 1 aliphatic heterocycles. The minimum atomic E-state index is -0.227. The molecule has 24 heavy (non-hydrogen) atoms. The Morgan fingerprint density at radius 3 is 2.88 bits per heavy atom. The number of hydrogen-bond donors (Lipinski definition) is 0. The Morgan fingerprint density at radius 2 is 2.12 bits per heavy atom. The molecule has 3 aromatic rings. The van der Waals surface area contributed by atoms with Gasteiger partial charge in [-0.15, -0.1) is 4.99 Å². The van der Waals surface area contributed by atoms with Crippen LogP contribution in [0.1, 0.15) is 5.56 Å². The normalized spacial score (nSPS) is 12.6. The zero-order chi connectivity index (χ0) is 16.7. The SMILES string of the molecule is COc1ccc(Cn2c(=O)[n+]3c(c4ncc(Br)cc42)=NCN=3)cc1. The van der Waals surface area contributed by atoms with Gasteiger partial charge in [-0.3, -0.25) is 0 Å². The summed E-state index contributed by atoms with van der Waals surface area (Å²) in [7, 11) is 1.62. The van der Waals surface area contributed by atoms with Crippen LogP contribution in [-0.4, -0.2) is 23.3 Å². The summed E-state index contributed by atoms with van der Waals surface area (Å²) in [6, 6.07) is 9.49. The van der Waals surface area contributed by atoms with E-state index in [2.05, 4.69) is 31.0 Å². The molecule has 8 heteroatoms. The number of hydrogen-bond acceptors (Lipinski definition) is 5. The van der Waals surface area contributed by atoms with Crippen molar-refractivity contribution < 1.29 is 9.10 Å². The summed E-state index contributed by atoms with van der Waals surface area (Å²) in [6.07, 6.45) is 1.69. The number of ether oxygens (including phenoxy) is 1. The molecule has 4 rings (SSSR count). The molecule has 120 valence electrons. The molecule has 2 aromatic heterocycles. The minimum absolute atomic E-state index is 0.227. The molecule has 0 aliphatic carbocycles. The molecule has 0 radical (unpaired) electrons. The van der Waals surface area contributed by atoms with E-state index in [0.717, 1.165) is 21.3 Å². The molecule has 0 amide bonds. The molecule has 0 unspecified atom stereocenters. The molecule has 0 saturated carbocycles. The summed E-state index contributed by atoms with van der Waals surface area (Å²) in [5.74, 6) is 0.775. The number of rotatable bonds is 3. The highest BCUT2D eigenvalue weighted by atomic mass is 79.9. The molecule has 1 aromatic carbocycles. The van der Waals surface area contributed by atoms with Gasteiger partial charge in [0.25, 0.3) is 0 Å². The Balaban J connectivity index is 1.96. The van der Waals surface area contributed by atoms with E-state index in [1.54, 1.807) is 17.9 Å². The lowest BCUT2D eigenvalue weighted by Gasteiger charge is -2.06. The van der Waals surface area contributed by atoms with Gasteiger partial charge in [0.2, 0.25) is 6.67 Å². The van der Waals surface area contributed by atoms with Gasteiger partial charge in [0.05, 0.1) is 13.7 Å². The monoisotopic (exact) mass is 386 g/mol. The van der Waals surface area contributed by atoms with Gasteiger partial charge in [-0.2, -0.15) is 0 Å². The Kier molecular flexibility index (Phi) is 3.61. The molecule has 0 saturated heterocycles. The highest BCUT2D eigenvalue weighted by Crippen LogP contribution is 2.16. The second kappa shape index (κ2) is 5.79. The van der Waals surface area contributed by atoms with Crippen molar-refractivity contribution >= 4 is 27.0 Å². The fraction of sp³-hybridized carbons (Fsp3) is 0.188. The van der Waals surface area contributed by atoms with Gasteiger partial charge in [-0.05, 0) is 39.7 Å². The average Bonchev–Trinajstić information content (AvgIpc) is 3.09. The third-order valence-corrected chi connectivity index (χ3v) is 4.31. The Hall–Kier alpha value is -2.61. The quantitative estimate of drug-likeness (QED) is 0.633. The van der Waals surface area contributed by atoms with E-state index in [1.807, 2.05) is 30.3 Å². The fourth-order valence-electron chi connectivity index (χ4n) is 2.71. The van der Waals surface area contributed by atoms with Gasteiger partial charge < -0.3 is 4.74 Å². The van der Waals surface area contributed by atoms with E-state index in [1.165, 1.54) is 4.36 Å². The zero-order valence-electron chi connectivity index (χ0n) is 12.8. The van der Waals surface area contributed by atoms with Crippen LogP contribution >= 0.6 is 15.9 Å². The summed E-state index contributed by atoms with van der Waals surface area (Å²) >= 11 is 3.42. The van der Waals surface area contributed by atoms with Crippen LogP contribution in [0.15, 0.2) is 55.9 Å². The first-order valence-electron chi connectivity index (χ1n) is 7.29. The largest absolute Gasteiger partial charge is 0.497 e. The number of nitrogens with zero attached hydrogens (tertiary/aromatic N) is 5. The van der Waals surface area contributed by atoms with Gasteiger partial charge >= 0.3 is 11.2 Å². The molecule has 0 N–H and O–H groups in total. The van der Waals surface area contributed by atoms with E-state index in [4.69, 9.17) is 4.74 Å². The van der Waals surface area contributed by atoms with Gasteiger partial charge in [-0.1, -0.05) is 21.6 Å². The number of benzene rings is 1. The van der Waals surface area contributed by atoms with E-state index in [-0.39, 0.29) is 12.4 Å². The van der Waals surface area contributed by atoms with Crippen molar-refractivity contribution in [2.45, 2.75) is 6.54 Å². The molecule has 0 bridgehead atoms. The van der Waals surface area contributed by atoms with E-state index in [9.17, 15) is 4.79 Å². The molecular weight excluding hydrogens is 374 g/mol. The van der Waals surface area contributed by atoms with Crippen LogP contribution in [0.2, 0.25) is 0 Å². The van der Waals surface area contributed by atoms with Crippen molar-refractivity contribution in [3.8, 4) is 5.75 Å². The number of pyridine rings is 1. The number of halogens is 1. The van der Waals surface area contributed by atoms with E-state index < -0.39 is 0 Å².